The van der Waals surface area contributed by atoms with Gasteiger partial charge >= 0.3 is 0 Å². The third-order valence-corrected chi connectivity index (χ3v) is 4.77. The molecule has 2 aromatic rings. The minimum Gasteiger partial charge on any atom is -0.338 e. The first-order valence-electron chi connectivity index (χ1n) is 8.21. The van der Waals surface area contributed by atoms with Gasteiger partial charge in [-0.05, 0) is 45.6 Å². The lowest BCUT2D eigenvalue weighted by Crippen LogP contribution is -2.34. The Labute approximate surface area is 132 Å². The van der Waals surface area contributed by atoms with E-state index in [1.807, 2.05) is 12.1 Å². The highest BCUT2D eigenvalue weighted by Gasteiger charge is 2.23. The van der Waals surface area contributed by atoms with Crippen LogP contribution in [-0.4, -0.2) is 28.1 Å². The van der Waals surface area contributed by atoms with E-state index in [-0.39, 0.29) is 0 Å². The van der Waals surface area contributed by atoms with Crippen LogP contribution in [0.2, 0.25) is 0 Å². The Kier molecular flexibility index (Phi) is 4.57. The maximum Gasteiger partial charge on any atom is 0.241 e. The minimum absolute atomic E-state index is 0.644. The molecular weight excluding hydrogens is 274 g/mol. The Balaban J connectivity index is 1.63. The molecule has 1 aromatic heterocycles. The highest BCUT2D eigenvalue weighted by atomic mass is 16.5. The van der Waals surface area contributed by atoms with Gasteiger partial charge in [-0.3, -0.25) is 4.90 Å². The number of hydrogen-bond donors (Lipinski definition) is 0. The van der Waals surface area contributed by atoms with E-state index in [0.717, 1.165) is 18.0 Å². The summed E-state index contributed by atoms with van der Waals surface area (Å²) in [4.78, 5) is 6.90. The van der Waals surface area contributed by atoms with E-state index in [1.165, 1.54) is 31.2 Å². The summed E-state index contributed by atoms with van der Waals surface area (Å²) in [6, 6.07) is 8.86. The van der Waals surface area contributed by atoms with Crippen LogP contribution >= 0.6 is 0 Å². The molecule has 0 saturated heterocycles. The lowest BCUT2D eigenvalue weighted by Gasteiger charge is -2.32. The first-order chi connectivity index (χ1) is 10.6. The largest absolute Gasteiger partial charge is 0.338 e. The number of nitrogens with zero attached hydrogens (tertiary/aromatic N) is 3. The fourth-order valence-electron chi connectivity index (χ4n) is 3.16. The third kappa shape index (κ3) is 3.55. The summed E-state index contributed by atoms with van der Waals surface area (Å²) in [5, 5.41) is 4.11. The second kappa shape index (κ2) is 6.61. The number of rotatable bonds is 4. The third-order valence-electron chi connectivity index (χ3n) is 4.77. The van der Waals surface area contributed by atoms with Crippen LogP contribution in [-0.2, 0) is 6.54 Å². The van der Waals surface area contributed by atoms with Gasteiger partial charge in [0.05, 0.1) is 6.54 Å². The van der Waals surface area contributed by atoms with E-state index >= 15 is 0 Å². The molecule has 4 nitrogen and oxygen atoms in total. The van der Waals surface area contributed by atoms with Crippen molar-refractivity contribution in [2.45, 2.75) is 52.1 Å². The van der Waals surface area contributed by atoms with Crippen molar-refractivity contribution in [1.29, 1.82) is 0 Å². The normalized spacial score (nSPS) is 22.2. The van der Waals surface area contributed by atoms with E-state index in [1.54, 1.807) is 0 Å². The summed E-state index contributed by atoms with van der Waals surface area (Å²) in [5.41, 5.74) is 2.24. The smallest absolute Gasteiger partial charge is 0.241 e. The summed E-state index contributed by atoms with van der Waals surface area (Å²) in [5.74, 6) is 2.26. The van der Waals surface area contributed by atoms with E-state index < -0.39 is 0 Å². The molecule has 0 spiro atoms. The molecule has 0 aliphatic heterocycles. The van der Waals surface area contributed by atoms with Crippen LogP contribution < -0.4 is 0 Å². The molecule has 0 amide bonds. The van der Waals surface area contributed by atoms with Crippen molar-refractivity contribution in [3.8, 4) is 11.4 Å². The Hall–Kier alpha value is -1.68. The van der Waals surface area contributed by atoms with Gasteiger partial charge in [0.25, 0.3) is 0 Å². The molecule has 1 aliphatic carbocycles. The fraction of sp³-hybridized carbons (Fsp3) is 0.556. The van der Waals surface area contributed by atoms with Crippen molar-refractivity contribution in [2.75, 3.05) is 7.05 Å². The summed E-state index contributed by atoms with van der Waals surface area (Å²) in [6.45, 7) is 5.16. The standard InChI is InChI=1S/C18H25N3O/c1-13-4-8-15(9-5-13)18-19-17(22-20-18)12-21(3)16-10-6-14(2)7-11-16/h4-5,8-9,14,16H,6-7,10-12H2,1-3H3. The zero-order chi connectivity index (χ0) is 15.5. The molecule has 22 heavy (non-hydrogen) atoms. The second-order valence-corrected chi connectivity index (χ2v) is 6.71. The molecule has 0 unspecified atom stereocenters. The van der Waals surface area contributed by atoms with Gasteiger partial charge in [0.15, 0.2) is 0 Å². The van der Waals surface area contributed by atoms with Crippen LogP contribution in [0.1, 0.15) is 44.1 Å². The van der Waals surface area contributed by atoms with Gasteiger partial charge in [-0.2, -0.15) is 4.98 Å². The van der Waals surface area contributed by atoms with Crippen molar-refractivity contribution in [3.63, 3.8) is 0 Å². The average molecular weight is 299 g/mol. The monoisotopic (exact) mass is 299 g/mol. The second-order valence-electron chi connectivity index (χ2n) is 6.71. The van der Waals surface area contributed by atoms with Gasteiger partial charge in [-0.1, -0.05) is 41.9 Å². The van der Waals surface area contributed by atoms with Crippen LogP contribution in [0.15, 0.2) is 28.8 Å². The molecule has 1 fully saturated rings. The zero-order valence-corrected chi connectivity index (χ0v) is 13.7. The van der Waals surface area contributed by atoms with Gasteiger partial charge in [0, 0.05) is 11.6 Å². The Morgan fingerprint density at radius 2 is 1.82 bits per heavy atom. The predicted molar refractivity (Wildman–Crippen MR) is 87.4 cm³/mol. The lowest BCUT2D eigenvalue weighted by atomic mass is 9.87. The molecule has 0 N–H and O–H groups in total. The summed E-state index contributed by atoms with van der Waals surface area (Å²) in [6.07, 6.45) is 5.20. The van der Waals surface area contributed by atoms with E-state index in [4.69, 9.17) is 4.52 Å². The molecule has 0 atom stereocenters. The van der Waals surface area contributed by atoms with Gasteiger partial charge in [-0.15, -0.1) is 0 Å². The maximum atomic E-state index is 5.43. The topological polar surface area (TPSA) is 42.2 Å². The molecule has 1 aliphatic rings. The molecule has 118 valence electrons. The van der Waals surface area contributed by atoms with Crippen LogP contribution in [0.3, 0.4) is 0 Å². The molecule has 1 saturated carbocycles. The number of benzene rings is 1. The SMILES string of the molecule is Cc1ccc(-c2noc(CN(C)C3CCC(C)CC3)n2)cc1. The number of hydrogen-bond acceptors (Lipinski definition) is 4. The average Bonchev–Trinajstić information content (AvgIpc) is 2.97. The highest BCUT2D eigenvalue weighted by molar-refractivity contribution is 5.54. The van der Waals surface area contributed by atoms with Crippen molar-refractivity contribution in [3.05, 3.63) is 35.7 Å². The van der Waals surface area contributed by atoms with Gasteiger partial charge < -0.3 is 4.52 Å². The molecule has 1 heterocycles. The molecule has 3 rings (SSSR count). The molecule has 0 bridgehead atoms. The fourth-order valence-corrected chi connectivity index (χ4v) is 3.16. The first-order valence-corrected chi connectivity index (χ1v) is 8.21. The Morgan fingerprint density at radius 3 is 2.50 bits per heavy atom. The van der Waals surface area contributed by atoms with Crippen molar-refractivity contribution >= 4 is 0 Å². The quantitative estimate of drug-likeness (QED) is 0.854. The van der Waals surface area contributed by atoms with Crippen LogP contribution in [0.25, 0.3) is 11.4 Å². The lowest BCUT2D eigenvalue weighted by molar-refractivity contribution is 0.148. The van der Waals surface area contributed by atoms with E-state index in [2.05, 4.69) is 48.1 Å². The number of aromatic nitrogens is 2. The van der Waals surface area contributed by atoms with Gasteiger partial charge in [0.2, 0.25) is 11.7 Å². The van der Waals surface area contributed by atoms with Crippen LogP contribution in [0.4, 0.5) is 0 Å². The first kappa shape index (κ1) is 15.2. The summed E-state index contributed by atoms with van der Waals surface area (Å²) in [7, 11) is 2.16. The summed E-state index contributed by atoms with van der Waals surface area (Å²) >= 11 is 0. The molecule has 1 aromatic carbocycles. The molecular formula is C18H25N3O. The van der Waals surface area contributed by atoms with Gasteiger partial charge in [0.1, 0.15) is 0 Å². The van der Waals surface area contributed by atoms with E-state index in [9.17, 15) is 0 Å². The Bertz CT molecular complexity index is 597. The zero-order valence-electron chi connectivity index (χ0n) is 13.7. The minimum atomic E-state index is 0.644. The maximum absolute atomic E-state index is 5.43. The highest BCUT2D eigenvalue weighted by Crippen LogP contribution is 2.27. The van der Waals surface area contributed by atoms with Gasteiger partial charge in [-0.25, -0.2) is 0 Å². The number of aryl methyl sites for hydroxylation is 1. The van der Waals surface area contributed by atoms with Crippen LogP contribution in [0.5, 0.6) is 0 Å². The molecule has 0 radical (unpaired) electrons. The molecule has 4 heteroatoms. The van der Waals surface area contributed by atoms with E-state index in [0.29, 0.717) is 17.8 Å². The van der Waals surface area contributed by atoms with Crippen LogP contribution in [0, 0.1) is 12.8 Å². The Morgan fingerprint density at radius 1 is 1.14 bits per heavy atom. The van der Waals surface area contributed by atoms with Crippen molar-refractivity contribution < 1.29 is 4.52 Å². The van der Waals surface area contributed by atoms with Crippen molar-refractivity contribution in [2.24, 2.45) is 5.92 Å². The predicted octanol–water partition coefficient (Wildman–Crippen LogP) is 4.06. The summed E-state index contributed by atoms with van der Waals surface area (Å²) < 4.78 is 5.43. The van der Waals surface area contributed by atoms with Crippen molar-refractivity contribution in [1.82, 2.24) is 15.0 Å².